The second-order valence-corrected chi connectivity index (χ2v) is 5.55. The molecule has 0 aliphatic carbocycles. The molecule has 0 aliphatic rings. The number of benzene rings is 1. The predicted molar refractivity (Wildman–Crippen MR) is 80.6 cm³/mol. The zero-order valence-electron chi connectivity index (χ0n) is 11.3. The molecule has 3 nitrogen and oxygen atoms in total. The Hall–Kier alpha value is -2.27. The third-order valence-electron chi connectivity index (χ3n) is 2.99. The van der Waals surface area contributed by atoms with E-state index in [1.165, 1.54) is 29.7 Å². The molecule has 0 N–H and O–H groups in total. The van der Waals surface area contributed by atoms with Gasteiger partial charge in [0.2, 0.25) is 5.78 Å². The Kier molecular flexibility index (Phi) is 3.66. The number of ether oxygens (including phenoxy) is 1. The quantitative estimate of drug-likeness (QED) is 0.682. The summed E-state index contributed by atoms with van der Waals surface area (Å²) in [5, 5.41) is 0.734. The molecular formula is C16H12FNO2S. The molecule has 0 atom stereocenters. The highest BCUT2D eigenvalue weighted by atomic mass is 32.1. The van der Waals surface area contributed by atoms with E-state index in [1.807, 2.05) is 6.92 Å². The minimum absolute atomic E-state index is 0.134. The zero-order chi connectivity index (χ0) is 14.8. The molecule has 0 fully saturated rings. The number of fused-ring (bicyclic) bond motifs is 1. The average molecular weight is 301 g/mol. The molecule has 21 heavy (non-hydrogen) atoms. The van der Waals surface area contributed by atoms with Crippen molar-refractivity contribution < 1.29 is 13.9 Å². The predicted octanol–water partition coefficient (Wildman–Crippen LogP) is 4.07. The van der Waals surface area contributed by atoms with Crippen LogP contribution in [0.5, 0.6) is 5.75 Å². The van der Waals surface area contributed by atoms with Crippen LogP contribution < -0.4 is 4.74 Å². The van der Waals surface area contributed by atoms with Crippen LogP contribution in [0.25, 0.3) is 10.1 Å². The summed E-state index contributed by atoms with van der Waals surface area (Å²) in [5.41, 5.74) is 0.466. The number of hydrogen-bond donors (Lipinski definition) is 0. The lowest BCUT2D eigenvalue weighted by atomic mass is 10.1. The minimum atomic E-state index is -0.306. The van der Waals surface area contributed by atoms with Crippen molar-refractivity contribution in [3.8, 4) is 5.75 Å². The lowest BCUT2D eigenvalue weighted by molar-refractivity contribution is 0.104. The highest BCUT2D eigenvalue weighted by molar-refractivity contribution is 7.21. The molecule has 0 amide bonds. The normalized spacial score (nSPS) is 10.8. The fraction of sp³-hybridized carbons (Fsp3) is 0.125. The molecule has 0 aliphatic heterocycles. The van der Waals surface area contributed by atoms with E-state index in [4.69, 9.17) is 4.74 Å². The molecule has 0 spiro atoms. The van der Waals surface area contributed by atoms with E-state index in [9.17, 15) is 9.18 Å². The van der Waals surface area contributed by atoms with Crippen molar-refractivity contribution in [3.05, 3.63) is 59.0 Å². The van der Waals surface area contributed by atoms with E-state index >= 15 is 0 Å². The van der Waals surface area contributed by atoms with Crippen molar-refractivity contribution in [2.45, 2.75) is 6.92 Å². The smallest absolute Gasteiger partial charge is 0.204 e. The summed E-state index contributed by atoms with van der Waals surface area (Å²) in [5.74, 6) is 0.125. The van der Waals surface area contributed by atoms with Gasteiger partial charge in [-0.3, -0.25) is 9.78 Å². The van der Waals surface area contributed by atoms with Crippen molar-refractivity contribution in [2.24, 2.45) is 0 Å². The van der Waals surface area contributed by atoms with E-state index in [0.717, 1.165) is 10.1 Å². The van der Waals surface area contributed by atoms with Gasteiger partial charge in [-0.15, -0.1) is 11.3 Å². The maximum absolute atomic E-state index is 13.2. The van der Waals surface area contributed by atoms with Gasteiger partial charge in [-0.25, -0.2) is 4.39 Å². The first kappa shape index (κ1) is 13.7. The number of ketones is 1. The van der Waals surface area contributed by atoms with Crippen molar-refractivity contribution in [1.29, 1.82) is 0 Å². The van der Waals surface area contributed by atoms with Gasteiger partial charge in [0.05, 0.1) is 17.7 Å². The molecule has 2 aromatic heterocycles. The van der Waals surface area contributed by atoms with Crippen LogP contribution in [0.3, 0.4) is 0 Å². The number of carbonyl (C=O) groups is 1. The molecule has 0 saturated carbocycles. The van der Waals surface area contributed by atoms with Gasteiger partial charge in [0, 0.05) is 16.5 Å². The fourth-order valence-electron chi connectivity index (χ4n) is 2.06. The van der Waals surface area contributed by atoms with Crippen molar-refractivity contribution in [3.63, 3.8) is 0 Å². The van der Waals surface area contributed by atoms with E-state index in [1.54, 1.807) is 24.4 Å². The number of rotatable bonds is 4. The van der Waals surface area contributed by atoms with Crippen LogP contribution in [0.15, 0.2) is 42.7 Å². The summed E-state index contributed by atoms with van der Waals surface area (Å²) in [6.07, 6.45) is 3.08. The first-order valence-corrected chi connectivity index (χ1v) is 7.30. The zero-order valence-corrected chi connectivity index (χ0v) is 12.1. The van der Waals surface area contributed by atoms with Crippen molar-refractivity contribution >= 4 is 27.2 Å². The van der Waals surface area contributed by atoms with Gasteiger partial charge < -0.3 is 4.74 Å². The van der Waals surface area contributed by atoms with Crippen LogP contribution in [-0.4, -0.2) is 17.4 Å². The lowest BCUT2D eigenvalue weighted by Crippen LogP contribution is -2.01. The number of carbonyl (C=O) groups excluding carboxylic acids is 1. The lowest BCUT2D eigenvalue weighted by Gasteiger charge is -2.03. The Morgan fingerprint density at radius 2 is 2.14 bits per heavy atom. The summed E-state index contributed by atoms with van der Waals surface area (Å²) in [6, 6.07) is 7.88. The van der Waals surface area contributed by atoms with Gasteiger partial charge in [0.15, 0.2) is 0 Å². The second-order valence-electron chi connectivity index (χ2n) is 4.46. The molecule has 0 unspecified atom stereocenters. The monoisotopic (exact) mass is 301 g/mol. The minimum Gasteiger partial charge on any atom is -0.492 e. The molecule has 2 heterocycles. The molecule has 3 aromatic rings. The Labute approximate surface area is 125 Å². The summed E-state index contributed by atoms with van der Waals surface area (Å²) in [4.78, 5) is 17.1. The number of hydrogen-bond acceptors (Lipinski definition) is 4. The van der Waals surface area contributed by atoms with Crippen LogP contribution >= 0.6 is 11.3 Å². The number of pyridine rings is 1. The average Bonchev–Trinajstić information content (AvgIpc) is 2.90. The molecule has 0 bridgehead atoms. The summed E-state index contributed by atoms with van der Waals surface area (Å²) < 4.78 is 19.4. The van der Waals surface area contributed by atoms with E-state index < -0.39 is 0 Å². The SMILES string of the molecule is CCOc1cncc(C(=O)c2cc3cc(F)ccc3s2)c1. The van der Waals surface area contributed by atoms with Crippen LogP contribution in [0.2, 0.25) is 0 Å². The Morgan fingerprint density at radius 1 is 1.29 bits per heavy atom. The molecule has 0 radical (unpaired) electrons. The third kappa shape index (κ3) is 2.78. The molecule has 106 valence electrons. The fourth-order valence-corrected chi connectivity index (χ4v) is 3.06. The number of nitrogens with zero attached hydrogens (tertiary/aromatic N) is 1. The van der Waals surface area contributed by atoms with E-state index in [2.05, 4.69) is 4.98 Å². The highest BCUT2D eigenvalue weighted by Crippen LogP contribution is 2.28. The standard InChI is InChI=1S/C16H12FNO2S/c1-2-20-13-6-11(8-18-9-13)16(19)15-7-10-5-12(17)3-4-14(10)21-15/h3-9H,2H2,1H3. The first-order valence-electron chi connectivity index (χ1n) is 6.49. The maximum Gasteiger partial charge on any atom is 0.204 e. The number of halogens is 1. The van der Waals surface area contributed by atoms with Gasteiger partial charge in [-0.2, -0.15) is 0 Å². The van der Waals surface area contributed by atoms with Crippen LogP contribution in [-0.2, 0) is 0 Å². The number of thiophene rings is 1. The van der Waals surface area contributed by atoms with Crippen LogP contribution in [0.4, 0.5) is 4.39 Å². The van der Waals surface area contributed by atoms with Crippen molar-refractivity contribution in [1.82, 2.24) is 4.98 Å². The second kappa shape index (κ2) is 5.61. The highest BCUT2D eigenvalue weighted by Gasteiger charge is 2.14. The first-order chi connectivity index (χ1) is 10.2. The van der Waals surface area contributed by atoms with Crippen LogP contribution in [0, 0.1) is 5.82 Å². The molecule has 5 heteroatoms. The van der Waals surface area contributed by atoms with Crippen LogP contribution in [0.1, 0.15) is 22.2 Å². The van der Waals surface area contributed by atoms with Gasteiger partial charge in [-0.1, -0.05) is 0 Å². The molecule has 1 aromatic carbocycles. The molecule has 3 rings (SSSR count). The Balaban J connectivity index is 1.97. The van der Waals surface area contributed by atoms with Gasteiger partial charge in [0.1, 0.15) is 11.6 Å². The van der Waals surface area contributed by atoms with E-state index in [-0.39, 0.29) is 11.6 Å². The maximum atomic E-state index is 13.2. The Morgan fingerprint density at radius 3 is 2.95 bits per heavy atom. The summed E-state index contributed by atoms with van der Waals surface area (Å²) in [7, 11) is 0. The topological polar surface area (TPSA) is 39.2 Å². The summed E-state index contributed by atoms with van der Waals surface area (Å²) in [6.45, 7) is 2.39. The van der Waals surface area contributed by atoms with Gasteiger partial charge in [0.25, 0.3) is 0 Å². The van der Waals surface area contributed by atoms with Crippen molar-refractivity contribution in [2.75, 3.05) is 6.61 Å². The van der Waals surface area contributed by atoms with Gasteiger partial charge in [-0.05, 0) is 42.6 Å². The Bertz CT molecular complexity index is 813. The third-order valence-corrected chi connectivity index (χ3v) is 4.10. The van der Waals surface area contributed by atoms with E-state index in [0.29, 0.717) is 22.8 Å². The molecule has 0 saturated heterocycles. The largest absolute Gasteiger partial charge is 0.492 e. The van der Waals surface area contributed by atoms with Gasteiger partial charge >= 0.3 is 0 Å². The molecular weight excluding hydrogens is 289 g/mol. The summed E-state index contributed by atoms with van der Waals surface area (Å²) >= 11 is 1.34. The number of aromatic nitrogens is 1.